The lowest BCUT2D eigenvalue weighted by Gasteiger charge is -2.03. The maximum Gasteiger partial charge on any atom is 0.0397 e. The molecular formula is C28H32Br2. The first-order valence-corrected chi connectivity index (χ1v) is 12.8. The molecule has 2 heteroatoms. The van der Waals surface area contributed by atoms with Crippen LogP contribution >= 0.6 is 31.9 Å². The van der Waals surface area contributed by atoms with E-state index in [4.69, 9.17) is 0 Å². The number of hydrogen-bond acceptors (Lipinski definition) is 0. The molecule has 0 atom stereocenters. The van der Waals surface area contributed by atoms with Crippen LogP contribution in [0.25, 0.3) is 0 Å². The number of hydrogen-bond donors (Lipinski definition) is 0. The van der Waals surface area contributed by atoms with Gasteiger partial charge in [-0.3, -0.25) is 0 Å². The summed E-state index contributed by atoms with van der Waals surface area (Å²) in [6.45, 7) is 4.49. The SMILES string of the molecule is CCCCCCc1ccc(C#CC#Cc2ccc(CCCCCC)cc2Br)c(Br)c1. The van der Waals surface area contributed by atoms with Gasteiger partial charge in [0, 0.05) is 20.1 Å². The maximum atomic E-state index is 3.66. The molecule has 0 unspecified atom stereocenters. The first kappa shape index (κ1) is 24.8. The van der Waals surface area contributed by atoms with Crippen LogP contribution in [0.5, 0.6) is 0 Å². The smallest absolute Gasteiger partial charge is 0.0397 e. The molecule has 0 saturated carbocycles. The van der Waals surface area contributed by atoms with Gasteiger partial charge in [0.05, 0.1) is 0 Å². The quantitative estimate of drug-likeness (QED) is 0.214. The Labute approximate surface area is 200 Å². The van der Waals surface area contributed by atoms with Crippen molar-refractivity contribution in [2.45, 2.75) is 78.1 Å². The van der Waals surface area contributed by atoms with Crippen LogP contribution in [0.4, 0.5) is 0 Å². The topological polar surface area (TPSA) is 0 Å². The Morgan fingerprint density at radius 1 is 0.600 bits per heavy atom. The monoisotopic (exact) mass is 526 g/mol. The van der Waals surface area contributed by atoms with E-state index >= 15 is 0 Å². The van der Waals surface area contributed by atoms with Crippen LogP contribution in [0.2, 0.25) is 0 Å². The predicted octanol–water partition coefficient (Wildman–Crippen LogP) is 8.86. The fourth-order valence-corrected chi connectivity index (χ4v) is 4.39. The van der Waals surface area contributed by atoms with Crippen LogP contribution in [0.1, 0.15) is 87.5 Å². The number of unbranched alkanes of at least 4 members (excludes halogenated alkanes) is 6. The predicted molar refractivity (Wildman–Crippen MR) is 138 cm³/mol. The van der Waals surface area contributed by atoms with Crippen molar-refractivity contribution in [2.75, 3.05) is 0 Å². The lowest BCUT2D eigenvalue weighted by molar-refractivity contribution is 0.667. The Balaban J connectivity index is 1.94. The van der Waals surface area contributed by atoms with Crippen LogP contribution in [-0.4, -0.2) is 0 Å². The highest BCUT2D eigenvalue weighted by Crippen LogP contribution is 2.20. The van der Waals surface area contributed by atoms with Crippen molar-refractivity contribution in [3.63, 3.8) is 0 Å². The fraction of sp³-hybridized carbons (Fsp3) is 0.429. The average Bonchev–Trinajstić information content (AvgIpc) is 2.74. The largest absolute Gasteiger partial charge is 0.0654 e. The van der Waals surface area contributed by atoms with E-state index in [1.54, 1.807) is 0 Å². The second kappa shape index (κ2) is 14.5. The molecule has 0 spiro atoms. The van der Waals surface area contributed by atoms with Crippen LogP contribution in [0, 0.1) is 23.7 Å². The first-order valence-electron chi connectivity index (χ1n) is 11.2. The Morgan fingerprint density at radius 2 is 1.03 bits per heavy atom. The van der Waals surface area contributed by atoms with Crippen molar-refractivity contribution >= 4 is 31.9 Å². The van der Waals surface area contributed by atoms with E-state index in [2.05, 4.69) is 106 Å². The molecule has 0 aromatic heterocycles. The summed E-state index contributed by atoms with van der Waals surface area (Å²) in [5, 5.41) is 0. The third-order valence-corrected chi connectivity index (χ3v) is 6.47. The number of benzene rings is 2. The van der Waals surface area contributed by atoms with Crippen LogP contribution in [0.3, 0.4) is 0 Å². The van der Waals surface area contributed by atoms with Gasteiger partial charge in [0.15, 0.2) is 0 Å². The Kier molecular flexibility index (Phi) is 12.0. The minimum absolute atomic E-state index is 0.989. The van der Waals surface area contributed by atoms with Gasteiger partial charge in [0.25, 0.3) is 0 Å². The van der Waals surface area contributed by atoms with Crippen LogP contribution in [-0.2, 0) is 12.8 Å². The molecule has 0 saturated heterocycles. The van der Waals surface area contributed by atoms with Gasteiger partial charge in [-0.2, -0.15) is 0 Å². The van der Waals surface area contributed by atoms with E-state index in [0.29, 0.717) is 0 Å². The first-order chi connectivity index (χ1) is 14.6. The lowest BCUT2D eigenvalue weighted by Crippen LogP contribution is -1.88. The summed E-state index contributed by atoms with van der Waals surface area (Å²) in [5.41, 5.74) is 4.72. The van der Waals surface area contributed by atoms with E-state index in [0.717, 1.165) is 32.9 Å². The Morgan fingerprint density at radius 3 is 1.40 bits per heavy atom. The van der Waals surface area contributed by atoms with Crippen molar-refractivity contribution < 1.29 is 0 Å². The zero-order chi connectivity index (χ0) is 21.6. The van der Waals surface area contributed by atoms with Gasteiger partial charge in [0.2, 0.25) is 0 Å². The summed E-state index contributed by atoms with van der Waals surface area (Å²) < 4.78 is 2.11. The molecule has 0 bridgehead atoms. The highest BCUT2D eigenvalue weighted by atomic mass is 79.9. The minimum Gasteiger partial charge on any atom is -0.0654 e. The zero-order valence-electron chi connectivity index (χ0n) is 18.3. The molecule has 2 aromatic rings. The zero-order valence-corrected chi connectivity index (χ0v) is 21.5. The van der Waals surface area contributed by atoms with Crippen LogP contribution in [0.15, 0.2) is 45.3 Å². The summed E-state index contributed by atoms with van der Waals surface area (Å²) in [5.74, 6) is 12.3. The molecule has 0 radical (unpaired) electrons. The third kappa shape index (κ3) is 9.12. The normalized spacial score (nSPS) is 10.1. The van der Waals surface area contributed by atoms with Crippen molar-refractivity contribution in [2.24, 2.45) is 0 Å². The van der Waals surface area contributed by atoms with Crippen molar-refractivity contribution in [1.29, 1.82) is 0 Å². The second-order valence-corrected chi connectivity index (χ2v) is 9.46. The summed E-state index contributed by atoms with van der Waals surface area (Å²) in [6.07, 6.45) is 12.6. The van der Waals surface area contributed by atoms with Gasteiger partial charge >= 0.3 is 0 Å². The molecule has 0 N–H and O–H groups in total. The molecule has 2 aromatic carbocycles. The summed E-state index contributed by atoms with van der Waals surface area (Å²) in [6, 6.07) is 12.9. The van der Waals surface area contributed by atoms with Gasteiger partial charge in [-0.25, -0.2) is 0 Å². The van der Waals surface area contributed by atoms with Crippen LogP contribution < -0.4 is 0 Å². The molecule has 0 amide bonds. The summed E-state index contributed by atoms with van der Waals surface area (Å²) in [7, 11) is 0. The molecule has 158 valence electrons. The van der Waals surface area contributed by atoms with E-state index in [-0.39, 0.29) is 0 Å². The standard InChI is InChI=1S/C28H32Br2/c1-3-5-7-9-13-23-17-19-25(27(29)21-23)15-11-12-16-26-20-18-24(22-28(26)30)14-10-8-6-4-2/h17-22H,3-10,13-14H2,1-2H3. The second-order valence-electron chi connectivity index (χ2n) is 7.75. The lowest BCUT2D eigenvalue weighted by atomic mass is 10.0. The molecule has 0 fully saturated rings. The number of aryl methyl sites for hydroxylation is 2. The summed E-state index contributed by atoms with van der Waals surface area (Å²) >= 11 is 7.32. The highest BCUT2D eigenvalue weighted by Gasteiger charge is 2.01. The van der Waals surface area contributed by atoms with Gasteiger partial charge in [-0.1, -0.05) is 76.3 Å². The average molecular weight is 528 g/mol. The fourth-order valence-electron chi connectivity index (χ4n) is 3.34. The van der Waals surface area contributed by atoms with Crippen molar-refractivity contribution in [3.8, 4) is 23.7 Å². The van der Waals surface area contributed by atoms with E-state index in [9.17, 15) is 0 Å². The third-order valence-electron chi connectivity index (χ3n) is 5.16. The summed E-state index contributed by atoms with van der Waals surface area (Å²) in [4.78, 5) is 0. The molecule has 2 rings (SSSR count). The molecular weight excluding hydrogens is 496 g/mol. The molecule has 0 aliphatic carbocycles. The highest BCUT2D eigenvalue weighted by molar-refractivity contribution is 9.10. The number of halogens is 2. The van der Waals surface area contributed by atoms with Gasteiger partial charge in [0.1, 0.15) is 0 Å². The Bertz CT molecular complexity index is 842. The molecule has 0 nitrogen and oxygen atoms in total. The maximum absolute atomic E-state index is 3.66. The Hall–Kier alpha value is -1.48. The van der Waals surface area contributed by atoms with Crippen molar-refractivity contribution in [1.82, 2.24) is 0 Å². The molecule has 30 heavy (non-hydrogen) atoms. The van der Waals surface area contributed by atoms with Crippen molar-refractivity contribution in [3.05, 3.63) is 67.6 Å². The van der Waals surface area contributed by atoms with E-state index in [1.807, 2.05) is 0 Å². The number of rotatable bonds is 10. The molecule has 0 heterocycles. The minimum atomic E-state index is 0.989. The van der Waals surface area contributed by atoms with Gasteiger partial charge in [-0.05, 0) is 105 Å². The van der Waals surface area contributed by atoms with Gasteiger partial charge in [-0.15, -0.1) is 0 Å². The van der Waals surface area contributed by atoms with E-state index in [1.165, 1.54) is 62.5 Å². The van der Waals surface area contributed by atoms with Gasteiger partial charge < -0.3 is 0 Å². The van der Waals surface area contributed by atoms with E-state index < -0.39 is 0 Å². The molecule has 0 aliphatic heterocycles. The molecule has 0 aliphatic rings.